The normalized spacial score (nSPS) is 38.5. The van der Waals surface area contributed by atoms with Gasteiger partial charge in [0.25, 0.3) is 0 Å². The van der Waals surface area contributed by atoms with Gasteiger partial charge in [0.2, 0.25) is 0 Å². The Hall–Kier alpha value is -0.150. The molecule has 0 amide bonds. The standard InChI is InChI=1S/C18H24O6S.Na/c1-18-7-6-13-12-5-3-11(24-25(21,22)23)8-10(12)2-4-14(13)15(18)9-16(19)17(18)20;/h3,5,8,13-17,19-20H,2,4,6-7,9H2,1H3,(H,21,22,23);/q;+1. The van der Waals surface area contributed by atoms with Crippen LogP contribution in [0.15, 0.2) is 18.2 Å². The molecule has 138 valence electrons. The van der Waals surface area contributed by atoms with Crippen LogP contribution in [0.2, 0.25) is 0 Å². The van der Waals surface area contributed by atoms with E-state index >= 15 is 0 Å². The Morgan fingerprint density at radius 2 is 1.96 bits per heavy atom. The summed E-state index contributed by atoms with van der Waals surface area (Å²) >= 11 is 0. The van der Waals surface area contributed by atoms with Crippen molar-refractivity contribution in [2.24, 2.45) is 17.3 Å². The van der Waals surface area contributed by atoms with E-state index in [1.807, 2.05) is 6.07 Å². The summed E-state index contributed by atoms with van der Waals surface area (Å²) in [5.41, 5.74) is 2.05. The van der Waals surface area contributed by atoms with Crippen LogP contribution in [0, 0.1) is 17.3 Å². The molecule has 2 fully saturated rings. The predicted molar refractivity (Wildman–Crippen MR) is 90.6 cm³/mol. The Kier molecular flexibility index (Phi) is 5.56. The Morgan fingerprint density at radius 1 is 1.23 bits per heavy atom. The smallest absolute Gasteiger partial charge is 0.390 e. The van der Waals surface area contributed by atoms with Crippen molar-refractivity contribution in [3.63, 3.8) is 0 Å². The van der Waals surface area contributed by atoms with E-state index in [1.165, 1.54) is 5.56 Å². The molecule has 0 heterocycles. The Morgan fingerprint density at radius 3 is 2.65 bits per heavy atom. The fourth-order valence-electron chi connectivity index (χ4n) is 5.72. The summed E-state index contributed by atoms with van der Waals surface area (Å²) < 4.78 is 35.2. The first kappa shape index (κ1) is 20.6. The van der Waals surface area contributed by atoms with Gasteiger partial charge in [-0.05, 0) is 78.5 Å². The van der Waals surface area contributed by atoms with E-state index in [-0.39, 0.29) is 40.7 Å². The van der Waals surface area contributed by atoms with Gasteiger partial charge in [0.1, 0.15) is 5.75 Å². The zero-order chi connectivity index (χ0) is 18.0. The fourth-order valence-corrected chi connectivity index (χ4v) is 6.07. The summed E-state index contributed by atoms with van der Waals surface area (Å²) in [6.45, 7) is 2.10. The molecular formula is C18H24NaO6S+. The third-order valence-corrected chi connectivity index (χ3v) is 7.28. The van der Waals surface area contributed by atoms with Gasteiger partial charge >= 0.3 is 40.0 Å². The van der Waals surface area contributed by atoms with Crippen LogP contribution in [0.3, 0.4) is 0 Å². The third kappa shape index (κ3) is 3.36. The molecule has 8 heteroatoms. The predicted octanol–water partition coefficient (Wildman–Crippen LogP) is -0.940. The average molecular weight is 391 g/mol. The van der Waals surface area contributed by atoms with Crippen LogP contribution in [0.25, 0.3) is 0 Å². The molecule has 6 unspecified atom stereocenters. The summed E-state index contributed by atoms with van der Waals surface area (Å²) in [5, 5.41) is 20.6. The number of rotatable bonds is 2. The molecule has 0 aromatic heterocycles. The number of hydrogen-bond donors (Lipinski definition) is 3. The van der Waals surface area contributed by atoms with Crippen LogP contribution in [-0.2, 0) is 16.8 Å². The first-order valence-electron chi connectivity index (χ1n) is 8.85. The van der Waals surface area contributed by atoms with Crippen LogP contribution in [-0.4, -0.2) is 35.4 Å². The quantitative estimate of drug-likeness (QED) is 0.444. The molecule has 6 atom stereocenters. The van der Waals surface area contributed by atoms with Crippen molar-refractivity contribution in [1.29, 1.82) is 0 Å². The maximum atomic E-state index is 10.9. The fraction of sp³-hybridized carbons (Fsp3) is 0.667. The van der Waals surface area contributed by atoms with Crippen molar-refractivity contribution in [2.45, 2.75) is 57.2 Å². The van der Waals surface area contributed by atoms with E-state index in [4.69, 9.17) is 4.55 Å². The molecule has 3 N–H and O–H groups in total. The van der Waals surface area contributed by atoms with Crippen LogP contribution in [0.5, 0.6) is 5.75 Å². The molecule has 1 aromatic carbocycles. The second-order valence-electron chi connectivity index (χ2n) is 8.08. The Balaban J connectivity index is 0.00000196. The van der Waals surface area contributed by atoms with Gasteiger partial charge in [-0.25, -0.2) is 0 Å². The summed E-state index contributed by atoms with van der Waals surface area (Å²) in [6, 6.07) is 5.18. The summed E-state index contributed by atoms with van der Waals surface area (Å²) in [7, 11) is -4.51. The van der Waals surface area contributed by atoms with E-state index in [0.717, 1.165) is 31.2 Å². The van der Waals surface area contributed by atoms with Gasteiger partial charge in [-0.1, -0.05) is 13.0 Å². The molecule has 0 radical (unpaired) electrons. The van der Waals surface area contributed by atoms with Gasteiger partial charge in [-0.2, -0.15) is 8.42 Å². The first-order valence-corrected chi connectivity index (χ1v) is 10.2. The van der Waals surface area contributed by atoms with Gasteiger partial charge in [0.05, 0.1) is 12.2 Å². The Bertz CT molecular complexity index is 797. The van der Waals surface area contributed by atoms with Crippen molar-refractivity contribution in [3.05, 3.63) is 29.3 Å². The number of fused-ring (bicyclic) bond motifs is 5. The van der Waals surface area contributed by atoms with E-state index in [2.05, 4.69) is 11.1 Å². The maximum Gasteiger partial charge on any atom is 1.00 e. The molecular weight excluding hydrogens is 367 g/mol. The summed E-state index contributed by atoms with van der Waals surface area (Å²) in [4.78, 5) is 0. The van der Waals surface area contributed by atoms with Gasteiger partial charge in [0, 0.05) is 0 Å². The molecule has 0 bridgehead atoms. The topological polar surface area (TPSA) is 104 Å². The second kappa shape index (κ2) is 7.03. The molecule has 26 heavy (non-hydrogen) atoms. The second-order valence-corrected chi connectivity index (χ2v) is 9.10. The van der Waals surface area contributed by atoms with E-state index < -0.39 is 22.6 Å². The number of aliphatic hydroxyl groups excluding tert-OH is 2. The number of aliphatic hydroxyl groups is 2. The monoisotopic (exact) mass is 391 g/mol. The van der Waals surface area contributed by atoms with Crippen LogP contribution >= 0.6 is 0 Å². The Labute approximate surface area is 176 Å². The molecule has 4 rings (SSSR count). The van der Waals surface area contributed by atoms with Gasteiger partial charge < -0.3 is 14.4 Å². The van der Waals surface area contributed by atoms with Gasteiger partial charge in [-0.15, -0.1) is 0 Å². The molecule has 2 saturated carbocycles. The van der Waals surface area contributed by atoms with Crippen LogP contribution in [0.4, 0.5) is 0 Å². The third-order valence-electron chi connectivity index (χ3n) is 6.87. The molecule has 0 spiro atoms. The average Bonchev–Trinajstić information content (AvgIpc) is 2.76. The van der Waals surface area contributed by atoms with Crippen LogP contribution in [0.1, 0.15) is 49.7 Å². The van der Waals surface area contributed by atoms with Gasteiger partial charge in [-0.3, -0.25) is 4.55 Å². The number of benzene rings is 1. The van der Waals surface area contributed by atoms with E-state index in [9.17, 15) is 18.6 Å². The maximum absolute atomic E-state index is 10.9. The first-order chi connectivity index (χ1) is 11.7. The van der Waals surface area contributed by atoms with Crippen molar-refractivity contribution in [1.82, 2.24) is 0 Å². The van der Waals surface area contributed by atoms with Crippen LogP contribution < -0.4 is 33.7 Å². The minimum atomic E-state index is -4.51. The molecule has 0 aliphatic heterocycles. The largest absolute Gasteiger partial charge is 1.00 e. The molecule has 3 aliphatic rings. The zero-order valence-corrected chi connectivity index (χ0v) is 17.9. The zero-order valence-electron chi connectivity index (χ0n) is 15.1. The van der Waals surface area contributed by atoms with E-state index in [1.54, 1.807) is 12.1 Å². The van der Waals surface area contributed by atoms with Crippen molar-refractivity contribution in [3.8, 4) is 5.75 Å². The minimum absolute atomic E-state index is 0. The SMILES string of the molecule is CC12CCC3c4ccc(OS(=O)(=O)O)cc4CCC3C1CC(O)C2O.[Na+]. The van der Waals surface area contributed by atoms with Crippen molar-refractivity contribution >= 4 is 10.4 Å². The van der Waals surface area contributed by atoms with Crippen molar-refractivity contribution in [2.75, 3.05) is 0 Å². The molecule has 6 nitrogen and oxygen atoms in total. The summed E-state index contributed by atoms with van der Waals surface area (Å²) in [6.07, 6.45) is 2.95. The number of aryl methyl sites for hydroxylation is 1. The number of hydrogen-bond acceptors (Lipinski definition) is 5. The molecule has 1 aromatic rings. The molecule has 3 aliphatic carbocycles. The molecule has 0 saturated heterocycles. The van der Waals surface area contributed by atoms with Gasteiger partial charge in [0.15, 0.2) is 0 Å². The van der Waals surface area contributed by atoms with Crippen molar-refractivity contribution < 1.29 is 56.9 Å². The van der Waals surface area contributed by atoms with E-state index in [0.29, 0.717) is 24.2 Å². The minimum Gasteiger partial charge on any atom is -0.390 e. The summed E-state index contributed by atoms with van der Waals surface area (Å²) in [5.74, 6) is 1.22.